The van der Waals surface area contributed by atoms with Gasteiger partial charge in [0.2, 0.25) is 0 Å². The van der Waals surface area contributed by atoms with Gasteiger partial charge in [-0.05, 0) is 68.9 Å². The summed E-state index contributed by atoms with van der Waals surface area (Å²) in [5, 5.41) is 0. The number of aromatic nitrogens is 2. The van der Waals surface area contributed by atoms with Crippen molar-refractivity contribution in [3.05, 3.63) is 65.0 Å². The minimum Gasteiger partial charge on any atom is -0.365 e. The Bertz CT molecular complexity index is 1150. The molecule has 166 valence electrons. The number of benzene rings is 2. The summed E-state index contributed by atoms with van der Waals surface area (Å²) in [7, 11) is 0. The summed E-state index contributed by atoms with van der Waals surface area (Å²) >= 11 is 0. The first-order valence-electron chi connectivity index (χ1n) is 12.0. The minimum absolute atomic E-state index is 0.111. The molecule has 0 bridgehead atoms. The number of aryl methyl sites for hydroxylation is 2. The number of para-hydroxylation sites is 1. The molecule has 2 aromatic carbocycles. The van der Waals surface area contributed by atoms with Crippen LogP contribution in [0, 0.1) is 0 Å². The number of piperidine rings is 1. The van der Waals surface area contributed by atoms with E-state index in [1.165, 1.54) is 11.3 Å². The third-order valence-corrected chi connectivity index (χ3v) is 7.14. The lowest BCUT2D eigenvalue weighted by atomic mass is 10.0. The van der Waals surface area contributed by atoms with Crippen LogP contribution in [0.25, 0.3) is 11.0 Å². The second-order valence-corrected chi connectivity index (χ2v) is 9.14. The van der Waals surface area contributed by atoms with Gasteiger partial charge >= 0.3 is 0 Å². The number of hydrogen-bond acceptors (Lipinski definition) is 4. The largest absolute Gasteiger partial charge is 0.365 e. The van der Waals surface area contributed by atoms with Gasteiger partial charge in [-0.1, -0.05) is 32.0 Å². The normalized spacial score (nSPS) is 18.9. The number of amides is 1. The van der Waals surface area contributed by atoms with E-state index in [1.807, 2.05) is 23.1 Å². The highest BCUT2D eigenvalue weighted by molar-refractivity contribution is 5.97. The second kappa shape index (κ2) is 8.53. The van der Waals surface area contributed by atoms with E-state index in [1.54, 1.807) is 0 Å². The molecule has 0 N–H and O–H groups in total. The van der Waals surface area contributed by atoms with Crippen LogP contribution >= 0.6 is 0 Å². The van der Waals surface area contributed by atoms with Gasteiger partial charge in [0.25, 0.3) is 5.91 Å². The first-order valence-corrected chi connectivity index (χ1v) is 12.0. The van der Waals surface area contributed by atoms with Gasteiger partial charge in [0.05, 0.1) is 22.4 Å². The van der Waals surface area contributed by atoms with Crippen LogP contribution in [0.1, 0.15) is 60.9 Å². The molecule has 3 aromatic rings. The number of rotatable bonds is 4. The van der Waals surface area contributed by atoms with Crippen LogP contribution in [-0.4, -0.2) is 45.9 Å². The molecule has 0 spiro atoms. The van der Waals surface area contributed by atoms with Crippen molar-refractivity contribution in [1.29, 1.82) is 0 Å². The summed E-state index contributed by atoms with van der Waals surface area (Å²) in [6, 6.07) is 15.6. The molecule has 5 nitrogen and oxygen atoms in total. The Morgan fingerprint density at radius 3 is 2.38 bits per heavy atom. The third-order valence-electron chi connectivity index (χ3n) is 7.14. The van der Waals surface area contributed by atoms with Crippen molar-refractivity contribution in [3.8, 4) is 0 Å². The zero-order valence-electron chi connectivity index (χ0n) is 19.3. The van der Waals surface area contributed by atoms with Gasteiger partial charge in [-0.3, -0.25) is 4.79 Å². The molecule has 1 saturated heterocycles. The number of nitrogens with zero attached hydrogens (tertiary/aromatic N) is 4. The molecule has 0 unspecified atom stereocenters. The van der Waals surface area contributed by atoms with Gasteiger partial charge in [0.15, 0.2) is 0 Å². The fourth-order valence-electron chi connectivity index (χ4n) is 5.50. The Morgan fingerprint density at radius 2 is 1.66 bits per heavy atom. The van der Waals surface area contributed by atoms with Crippen LogP contribution in [-0.2, 0) is 19.3 Å². The van der Waals surface area contributed by atoms with Crippen molar-refractivity contribution >= 4 is 22.6 Å². The van der Waals surface area contributed by atoms with Crippen LogP contribution in [0.15, 0.2) is 42.5 Å². The number of carbonyl (C=O) groups is 1. The van der Waals surface area contributed by atoms with Crippen molar-refractivity contribution in [2.45, 2.75) is 65.0 Å². The lowest BCUT2D eigenvalue weighted by Gasteiger charge is -2.40. The number of anilines is 1. The lowest BCUT2D eigenvalue weighted by molar-refractivity contribution is 0.0711. The van der Waals surface area contributed by atoms with E-state index in [4.69, 9.17) is 9.97 Å². The fraction of sp³-hybridized carbons (Fsp3) is 0.444. The average molecular weight is 429 g/mol. The molecular formula is C27H32N4O. The molecule has 3 heterocycles. The van der Waals surface area contributed by atoms with E-state index >= 15 is 0 Å². The van der Waals surface area contributed by atoms with E-state index in [9.17, 15) is 4.79 Å². The molecule has 1 fully saturated rings. The second-order valence-electron chi connectivity index (χ2n) is 9.14. The van der Waals surface area contributed by atoms with Gasteiger partial charge in [0, 0.05) is 36.4 Å². The molecule has 0 radical (unpaired) electrons. The molecule has 5 rings (SSSR count). The van der Waals surface area contributed by atoms with E-state index in [-0.39, 0.29) is 5.91 Å². The first kappa shape index (κ1) is 20.9. The van der Waals surface area contributed by atoms with Gasteiger partial charge < -0.3 is 9.80 Å². The van der Waals surface area contributed by atoms with E-state index < -0.39 is 0 Å². The maximum absolute atomic E-state index is 13.3. The number of carbonyl (C=O) groups excluding carboxylic acids is 1. The van der Waals surface area contributed by atoms with Crippen molar-refractivity contribution in [1.82, 2.24) is 14.9 Å². The summed E-state index contributed by atoms with van der Waals surface area (Å²) in [6.45, 7) is 8.13. The van der Waals surface area contributed by atoms with Gasteiger partial charge in [0.1, 0.15) is 0 Å². The molecule has 0 saturated carbocycles. The Hall–Kier alpha value is -2.95. The molecule has 0 aliphatic carbocycles. The highest BCUT2D eigenvalue weighted by Crippen LogP contribution is 2.36. The molecule has 32 heavy (non-hydrogen) atoms. The smallest absolute Gasteiger partial charge is 0.253 e. The Balaban J connectivity index is 1.31. The minimum atomic E-state index is 0.111. The SMILES string of the molecule is CCc1nc2ccc(C(=O)N3CCC(N4c5ccccc5C[C@@H]4C)CC3)cc2nc1CC. The molecule has 1 aromatic heterocycles. The summed E-state index contributed by atoms with van der Waals surface area (Å²) < 4.78 is 0. The van der Waals surface area contributed by atoms with Crippen LogP contribution in [0.4, 0.5) is 5.69 Å². The van der Waals surface area contributed by atoms with Crippen LogP contribution in [0.2, 0.25) is 0 Å². The van der Waals surface area contributed by atoms with Gasteiger partial charge in [-0.2, -0.15) is 0 Å². The lowest BCUT2D eigenvalue weighted by Crippen LogP contribution is -2.48. The van der Waals surface area contributed by atoms with Crippen LogP contribution in [0.3, 0.4) is 0 Å². The predicted molar refractivity (Wildman–Crippen MR) is 129 cm³/mol. The van der Waals surface area contributed by atoms with Gasteiger partial charge in [-0.25, -0.2) is 9.97 Å². The summed E-state index contributed by atoms with van der Waals surface area (Å²) in [5.41, 5.74) is 7.34. The highest BCUT2D eigenvalue weighted by atomic mass is 16.2. The van der Waals surface area contributed by atoms with Crippen LogP contribution in [0.5, 0.6) is 0 Å². The molecular weight excluding hydrogens is 396 g/mol. The summed E-state index contributed by atoms with van der Waals surface area (Å²) in [5.74, 6) is 0.111. The standard InChI is InChI=1S/C27H32N4O/c1-4-22-23(5-2)29-25-17-20(10-11-24(25)28-22)27(32)30-14-12-21(13-15-30)31-18(3)16-19-8-6-7-9-26(19)31/h6-11,17-18,21H,4-5,12-16H2,1-3H3/t18-/m0/s1. The van der Waals surface area contributed by atoms with Crippen molar-refractivity contribution in [2.24, 2.45) is 0 Å². The Kier molecular flexibility index (Phi) is 5.58. The van der Waals surface area contributed by atoms with E-state index in [2.05, 4.69) is 49.9 Å². The van der Waals surface area contributed by atoms with E-state index in [0.29, 0.717) is 12.1 Å². The highest BCUT2D eigenvalue weighted by Gasteiger charge is 2.34. The molecule has 1 amide bonds. The quantitative estimate of drug-likeness (QED) is 0.598. The monoisotopic (exact) mass is 428 g/mol. The van der Waals surface area contributed by atoms with Crippen LogP contribution < -0.4 is 4.90 Å². The number of likely N-dealkylation sites (tertiary alicyclic amines) is 1. The number of fused-ring (bicyclic) bond motifs is 2. The summed E-state index contributed by atoms with van der Waals surface area (Å²) in [4.78, 5) is 27.5. The summed E-state index contributed by atoms with van der Waals surface area (Å²) in [6.07, 6.45) is 4.87. The predicted octanol–water partition coefficient (Wildman–Crippen LogP) is 4.81. The maximum atomic E-state index is 13.3. The van der Waals surface area contributed by atoms with Crippen molar-refractivity contribution < 1.29 is 4.79 Å². The average Bonchev–Trinajstić information content (AvgIpc) is 3.18. The van der Waals surface area contributed by atoms with Crippen molar-refractivity contribution in [2.75, 3.05) is 18.0 Å². The molecule has 5 heteroatoms. The van der Waals surface area contributed by atoms with Crippen molar-refractivity contribution in [3.63, 3.8) is 0 Å². The topological polar surface area (TPSA) is 49.3 Å². The fourth-order valence-corrected chi connectivity index (χ4v) is 5.50. The zero-order valence-corrected chi connectivity index (χ0v) is 19.3. The third kappa shape index (κ3) is 3.64. The zero-order chi connectivity index (χ0) is 22.2. The maximum Gasteiger partial charge on any atom is 0.253 e. The number of hydrogen-bond donors (Lipinski definition) is 0. The molecule has 1 atom stereocenters. The Labute approximate surface area is 190 Å². The molecule has 2 aliphatic heterocycles. The first-order chi connectivity index (χ1) is 15.6. The van der Waals surface area contributed by atoms with E-state index in [0.717, 1.165) is 73.2 Å². The Morgan fingerprint density at radius 1 is 0.969 bits per heavy atom. The molecule has 2 aliphatic rings. The van der Waals surface area contributed by atoms with Gasteiger partial charge in [-0.15, -0.1) is 0 Å².